The number of para-hydroxylation sites is 1. The van der Waals surface area contributed by atoms with Crippen molar-refractivity contribution in [2.75, 3.05) is 12.0 Å². The molecule has 0 radical (unpaired) electrons. The molecule has 3 rings (SSSR count). The molecule has 1 amide bonds. The molecular formula is C20H20N2O3. The lowest BCUT2D eigenvalue weighted by molar-refractivity contribution is -0.124. The number of hydrogen-bond acceptors (Lipinski definition) is 4. The standard InChI is InChI=1S/C20H20N2O3/c1-13-10-16-6-4-5-7-17(16)22(13)20(23)14(2)25-18-9-8-15(12-21)11-19(18)24-3/h4-9,11,13-14H,10H2,1-3H3/t13-,14+/m1/s1. The third-order valence-corrected chi connectivity index (χ3v) is 4.39. The van der Waals surface area contributed by atoms with Crippen LogP contribution in [0.4, 0.5) is 5.69 Å². The molecule has 0 saturated heterocycles. The van der Waals surface area contributed by atoms with E-state index >= 15 is 0 Å². The molecule has 0 aliphatic carbocycles. The second kappa shape index (κ2) is 6.86. The molecule has 2 aromatic rings. The molecule has 1 aliphatic heterocycles. The maximum atomic E-state index is 13.0. The van der Waals surface area contributed by atoms with E-state index in [0.717, 1.165) is 12.1 Å². The van der Waals surface area contributed by atoms with Crippen LogP contribution in [0.3, 0.4) is 0 Å². The van der Waals surface area contributed by atoms with Crippen LogP contribution in [-0.4, -0.2) is 25.2 Å². The molecule has 0 aromatic heterocycles. The number of rotatable bonds is 4. The largest absolute Gasteiger partial charge is 0.493 e. The summed E-state index contributed by atoms with van der Waals surface area (Å²) in [5.41, 5.74) is 2.60. The van der Waals surface area contributed by atoms with Gasteiger partial charge in [0.2, 0.25) is 0 Å². The number of amides is 1. The lowest BCUT2D eigenvalue weighted by Gasteiger charge is -2.26. The summed E-state index contributed by atoms with van der Waals surface area (Å²) >= 11 is 0. The number of ether oxygens (including phenoxy) is 2. The Balaban J connectivity index is 1.81. The average Bonchev–Trinajstić information content (AvgIpc) is 2.96. The highest BCUT2D eigenvalue weighted by Gasteiger charge is 2.34. The third kappa shape index (κ3) is 3.16. The number of hydrogen-bond donors (Lipinski definition) is 0. The molecule has 128 valence electrons. The van der Waals surface area contributed by atoms with Gasteiger partial charge in [-0.05, 0) is 44.0 Å². The van der Waals surface area contributed by atoms with Crippen LogP contribution in [0.1, 0.15) is 25.0 Å². The normalized spacial score (nSPS) is 16.7. The number of anilines is 1. The fourth-order valence-corrected chi connectivity index (χ4v) is 3.17. The minimum atomic E-state index is -0.671. The molecule has 0 unspecified atom stereocenters. The Hall–Kier alpha value is -3.00. The molecule has 5 heteroatoms. The Bertz CT molecular complexity index is 841. The number of carbonyl (C=O) groups excluding carboxylic acids is 1. The van der Waals surface area contributed by atoms with Crippen molar-refractivity contribution in [1.82, 2.24) is 0 Å². The first-order valence-electron chi connectivity index (χ1n) is 8.21. The third-order valence-electron chi connectivity index (χ3n) is 4.39. The lowest BCUT2D eigenvalue weighted by Crippen LogP contribution is -2.43. The molecule has 0 N–H and O–H groups in total. The first-order chi connectivity index (χ1) is 12.0. The van der Waals surface area contributed by atoms with Crippen molar-refractivity contribution >= 4 is 11.6 Å². The van der Waals surface area contributed by atoms with E-state index < -0.39 is 6.10 Å². The summed E-state index contributed by atoms with van der Waals surface area (Å²) in [4.78, 5) is 14.8. The topological polar surface area (TPSA) is 62.6 Å². The van der Waals surface area contributed by atoms with Crippen LogP contribution in [0, 0.1) is 11.3 Å². The predicted octanol–water partition coefficient (Wildman–Crippen LogP) is 3.31. The van der Waals surface area contributed by atoms with Gasteiger partial charge >= 0.3 is 0 Å². The van der Waals surface area contributed by atoms with Gasteiger partial charge in [0, 0.05) is 17.8 Å². The second-order valence-corrected chi connectivity index (χ2v) is 6.13. The Morgan fingerprint density at radius 1 is 1.28 bits per heavy atom. The molecule has 2 aromatic carbocycles. The highest BCUT2D eigenvalue weighted by atomic mass is 16.5. The molecule has 5 nitrogen and oxygen atoms in total. The van der Waals surface area contributed by atoms with Crippen molar-refractivity contribution in [3.63, 3.8) is 0 Å². The zero-order chi connectivity index (χ0) is 18.0. The Kier molecular flexibility index (Phi) is 4.62. The highest BCUT2D eigenvalue weighted by molar-refractivity contribution is 5.99. The summed E-state index contributed by atoms with van der Waals surface area (Å²) in [7, 11) is 1.51. The summed E-state index contributed by atoms with van der Waals surface area (Å²) in [5.74, 6) is 0.792. The van der Waals surface area contributed by atoms with Gasteiger partial charge in [0.1, 0.15) is 0 Å². The quantitative estimate of drug-likeness (QED) is 0.859. The van der Waals surface area contributed by atoms with Crippen LogP contribution in [0.5, 0.6) is 11.5 Å². The first kappa shape index (κ1) is 16.8. The van der Waals surface area contributed by atoms with E-state index in [1.807, 2.05) is 31.2 Å². The number of carbonyl (C=O) groups is 1. The van der Waals surface area contributed by atoms with E-state index in [1.54, 1.807) is 30.0 Å². The van der Waals surface area contributed by atoms with Gasteiger partial charge < -0.3 is 14.4 Å². The molecule has 0 fully saturated rings. The zero-order valence-corrected chi connectivity index (χ0v) is 14.5. The van der Waals surface area contributed by atoms with Gasteiger partial charge in [-0.25, -0.2) is 0 Å². The molecule has 1 heterocycles. The van der Waals surface area contributed by atoms with E-state index in [9.17, 15) is 4.79 Å². The average molecular weight is 336 g/mol. The Labute approximate surface area is 147 Å². The van der Waals surface area contributed by atoms with Crippen molar-refractivity contribution in [2.24, 2.45) is 0 Å². The first-order valence-corrected chi connectivity index (χ1v) is 8.21. The van der Waals surface area contributed by atoms with Gasteiger partial charge in [0.15, 0.2) is 17.6 Å². The van der Waals surface area contributed by atoms with Crippen molar-refractivity contribution in [3.05, 3.63) is 53.6 Å². The molecule has 1 aliphatic rings. The summed E-state index contributed by atoms with van der Waals surface area (Å²) in [6.07, 6.45) is 0.171. The van der Waals surface area contributed by atoms with Crippen LogP contribution >= 0.6 is 0 Å². The fourth-order valence-electron chi connectivity index (χ4n) is 3.17. The van der Waals surface area contributed by atoms with Crippen LogP contribution in [0.2, 0.25) is 0 Å². The number of fused-ring (bicyclic) bond motifs is 1. The minimum Gasteiger partial charge on any atom is -0.493 e. The minimum absolute atomic E-state index is 0.0936. The van der Waals surface area contributed by atoms with E-state index in [-0.39, 0.29) is 11.9 Å². The van der Waals surface area contributed by atoms with Gasteiger partial charge in [0.05, 0.1) is 18.7 Å². The van der Waals surface area contributed by atoms with Crippen molar-refractivity contribution in [3.8, 4) is 17.6 Å². The number of methoxy groups -OCH3 is 1. The zero-order valence-electron chi connectivity index (χ0n) is 14.5. The SMILES string of the molecule is COc1cc(C#N)ccc1O[C@@H](C)C(=O)N1c2ccccc2C[C@H]1C. The van der Waals surface area contributed by atoms with Gasteiger partial charge in [-0.3, -0.25) is 4.79 Å². The maximum Gasteiger partial charge on any atom is 0.268 e. The highest BCUT2D eigenvalue weighted by Crippen LogP contribution is 2.34. The molecule has 0 spiro atoms. The Morgan fingerprint density at radius 2 is 2.04 bits per heavy atom. The lowest BCUT2D eigenvalue weighted by atomic mass is 10.1. The Morgan fingerprint density at radius 3 is 2.76 bits per heavy atom. The summed E-state index contributed by atoms with van der Waals surface area (Å²) in [6, 6.07) is 15.0. The van der Waals surface area contributed by atoms with Crippen molar-refractivity contribution < 1.29 is 14.3 Å². The van der Waals surface area contributed by atoms with Crippen molar-refractivity contribution in [2.45, 2.75) is 32.4 Å². The van der Waals surface area contributed by atoms with Crippen molar-refractivity contribution in [1.29, 1.82) is 5.26 Å². The van der Waals surface area contributed by atoms with E-state index in [4.69, 9.17) is 14.7 Å². The number of nitrogens with zero attached hydrogens (tertiary/aromatic N) is 2. The van der Waals surface area contributed by atoms with E-state index in [2.05, 4.69) is 6.07 Å². The number of nitriles is 1. The van der Waals surface area contributed by atoms with E-state index in [0.29, 0.717) is 17.1 Å². The molecule has 25 heavy (non-hydrogen) atoms. The van der Waals surface area contributed by atoms with Crippen LogP contribution in [0.25, 0.3) is 0 Å². The smallest absolute Gasteiger partial charge is 0.268 e. The summed E-state index contributed by atoms with van der Waals surface area (Å²) in [5, 5.41) is 8.98. The molecule has 0 bridgehead atoms. The van der Waals surface area contributed by atoms with Crippen LogP contribution in [0.15, 0.2) is 42.5 Å². The van der Waals surface area contributed by atoms with E-state index in [1.165, 1.54) is 12.7 Å². The monoisotopic (exact) mass is 336 g/mol. The molecule has 2 atom stereocenters. The predicted molar refractivity (Wildman–Crippen MR) is 94.9 cm³/mol. The number of benzene rings is 2. The summed E-state index contributed by atoms with van der Waals surface area (Å²) < 4.78 is 11.1. The van der Waals surface area contributed by atoms with Gasteiger partial charge in [0.25, 0.3) is 5.91 Å². The second-order valence-electron chi connectivity index (χ2n) is 6.13. The van der Waals surface area contributed by atoms with Crippen LogP contribution < -0.4 is 14.4 Å². The van der Waals surface area contributed by atoms with Gasteiger partial charge in [-0.2, -0.15) is 5.26 Å². The summed E-state index contributed by atoms with van der Waals surface area (Å²) in [6.45, 7) is 3.76. The molecular weight excluding hydrogens is 316 g/mol. The molecule has 0 saturated carbocycles. The van der Waals surface area contributed by atoms with Gasteiger partial charge in [-0.15, -0.1) is 0 Å². The van der Waals surface area contributed by atoms with Crippen LogP contribution in [-0.2, 0) is 11.2 Å². The van der Waals surface area contributed by atoms with Gasteiger partial charge in [-0.1, -0.05) is 18.2 Å². The fraction of sp³-hybridized carbons (Fsp3) is 0.300. The maximum absolute atomic E-state index is 13.0.